The SMILES string of the molecule is CCC(CC)c1cccc(C(CC)CC)c1N1[CH-]N(C23CC4CC(CC(C4)C2)C3)CC1.[Cl][Ru]([Cl])=[CH]c1ccccc1[OH+]c1ccccc1. The number of ether oxygens (including phenoxy) is 1. The maximum absolute atomic E-state index is 5.90. The van der Waals surface area contributed by atoms with Gasteiger partial charge in [-0.1, -0.05) is 45.9 Å². The van der Waals surface area contributed by atoms with E-state index in [1.807, 2.05) is 59.2 Å². The fourth-order valence-corrected chi connectivity index (χ4v) is 11.7. The molecule has 5 fully saturated rings. The molecule has 0 aromatic heterocycles. The number of anilines is 1. The number of nitrogens with zero attached hydrogens (tertiary/aromatic N) is 2. The Morgan fingerprint density at radius 3 is 1.83 bits per heavy atom. The molecule has 1 N–H and O–H groups in total. The van der Waals surface area contributed by atoms with Gasteiger partial charge in [-0.05, 0) is 117 Å². The molecule has 8 rings (SSSR count). The second kappa shape index (κ2) is 16.5. The summed E-state index contributed by atoms with van der Waals surface area (Å²) in [6.07, 6.45) is 14.0. The minimum atomic E-state index is -1.81. The number of benzene rings is 3. The second-order valence-electron chi connectivity index (χ2n) is 14.8. The van der Waals surface area contributed by atoms with E-state index in [0.717, 1.165) is 34.8 Å². The summed E-state index contributed by atoms with van der Waals surface area (Å²) in [6, 6.07) is 24.9. The van der Waals surface area contributed by atoms with Crippen LogP contribution in [0.2, 0.25) is 0 Å². The van der Waals surface area contributed by atoms with Gasteiger partial charge in [0.1, 0.15) is 0 Å². The maximum atomic E-state index is 5.90. The summed E-state index contributed by atoms with van der Waals surface area (Å²) in [7, 11) is 11.8. The molecule has 3 aromatic carbocycles. The van der Waals surface area contributed by atoms with Gasteiger partial charge in [0.2, 0.25) is 0 Å². The standard InChI is InChI=1S/C29H45N2.C13H10O.2ClH.Ru/c1-5-24(6-2)26-10-9-11-27(25(7-3)8-4)28(26)30-12-13-31(20-30)29-17-21-14-22(18-29)16-23(15-21)19-29;1-11-7-5-6-10-13(11)14-12-8-3-2-4-9-12;;;/h9-11,20-25H,5-8,12-19H2,1-4H3;1-10H;2*1H;/q-1;;;;+2/p-1. The van der Waals surface area contributed by atoms with Crippen molar-refractivity contribution in [3.63, 3.8) is 0 Å². The number of aromatic hydroxyl groups is 2. The fraction of sp³-hybridized carbons (Fsp3) is 0.524. The summed E-state index contributed by atoms with van der Waals surface area (Å²) < 4.78 is 6.48. The van der Waals surface area contributed by atoms with E-state index in [1.165, 1.54) is 77.3 Å². The zero-order chi connectivity index (χ0) is 33.7. The summed E-state index contributed by atoms with van der Waals surface area (Å²) in [5.74, 6) is 6.23. The van der Waals surface area contributed by atoms with E-state index in [9.17, 15) is 0 Å². The van der Waals surface area contributed by atoms with Crippen molar-refractivity contribution in [2.45, 2.75) is 109 Å². The fourth-order valence-electron chi connectivity index (χ4n) is 9.87. The number of hydrogen-bond acceptors (Lipinski definition) is 2. The van der Waals surface area contributed by atoms with Crippen molar-refractivity contribution in [2.24, 2.45) is 17.8 Å². The van der Waals surface area contributed by atoms with Gasteiger partial charge in [0, 0.05) is 12.2 Å². The van der Waals surface area contributed by atoms with Crippen LogP contribution in [0.1, 0.15) is 120 Å². The van der Waals surface area contributed by atoms with Crippen molar-refractivity contribution in [1.82, 2.24) is 4.90 Å². The monoisotopic (exact) mass is 776 g/mol. The molecule has 262 valence electrons. The molecule has 6 heteroatoms. The van der Waals surface area contributed by atoms with Crippen LogP contribution in [0.3, 0.4) is 0 Å². The molecule has 1 heterocycles. The molecule has 0 amide bonds. The molecule has 0 unspecified atom stereocenters. The van der Waals surface area contributed by atoms with Gasteiger partial charge in [-0.25, -0.2) is 0 Å². The Hall–Kier alpha value is -1.71. The average Bonchev–Trinajstić information content (AvgIpc) is 3.58. The normalized spacial score (nSPS) is 25.0. The molecule has 1 aliphatic heterocycles. The third-order valence-corrected chi connectivity index (χ3v) is 13.7. The van der Waals surface area contributed by atoms with Crippen LogP contribution in [0.25, 0.3) is 0 Å². The van der Waals surface area contributed by atoms with Gasteiger partial charge in [-0.15, -0.1) is 0 Å². The first kappa shape index (κ1) is 36.1. The van der Waals surface area contributed by atoms with Crippen LogP contribution in [0, 0.1) is 24.4 Å². The van der Waals surface area contributed by atoms with Gasteiger partial charge >= 0.3 is 114 Å². The van der Waals surface area contributed by atoms with Crippen LogP contribution in [-0.2, 0) is 13.5 Å². The van der Waals surface area contributed by atoms with E-state index in [-0.39, 0.29) is 0 Å². The van der Waals surface area contributed by atoms with E-state index in [0.29, 0.717) is 17.4 Å². The molecule has 48 heavy (non-hydrogen) atoms. The summed E-state index contributed by atoms with van der Waals surface area (Å²) >= 11 is -1.81. The Labute approximate surface area is 303 Å². The molecule has 0 atom stereocenters. The Bertz CT molecular complexity index is 1450. The Balaban J connectivity index is 0.000000200. The van der Waals surface area contributed by atoms with Gasteiger partial charge in [0.05, 0.1) is 0 Å². The first-order valence-corrected chi connectivity index (χ1v) is 24.0. The Morgan fingerprint density at radius 1 is 0.750 bits per heavy atom. The predicted octanol–water partition coefficient (Wildman–Crippen LogP) is 12.1. The van der Waals surface area contributed by atoms with Gasteiger partial charge in [-0.2, -0.15) is 6.67 Å². The number of para-hydroxylation sites is 3. The molecule has 5 aliphatic rings. The molecular weight excluding hydrogens is 720 g/mol. The second-order valence-corrected chi connectivity index (χ2v) is 20.5. The molecule has 4 aliphatic carbocycles. The molecule has 1 saturated heterocycles. The summed E-state index contributed by atoms with van der Waals surface area (Å²) in [4.78, 5) is 5.54. The third kappa shape index (κ3) is 8.09. The molecular formula is C42H56Cl2N2ORu. The Morgan fingerprint density at radius 2 is 1.29 bits per heavy atom. The van der Waals surface area contributed by atoms with Crippen molar-refractivity contribution in [1.29, 1.82) is 0 Å². The van der Waals surface area contributed by atoms with E-state index in [2.05, 4.69) is 67.1 Å². The molecule has 4 saturated carbocycles. The van der Waals surface area contributed by atoms with Crippen LogP contribution < -0.4 is 4.90 Å². The van der Waals surface area contributed by atoms with Crippen LogP contribution in [-0.4, -0.2) is 32.9 Å². The first-order chi connectivity index (χ1) is 23.4. The van der Waals surface area contributed by atoms with Crippen LogP contribution >= 0.6 is 19.4 Å². The molecule has 0 radical (unpaired) electrons. The quantitative estimate of drug-likeness (QED) is 0.110. The topological polar surface area (TPSA) is 19.3 Å². The molecule has 3 aromatic rings. The van der Waals surface area contributed by atoms with E-state index in [4.69, 9.17) is 19.4 Å². The van der Waals surface area contributed by atoms with E-state index in [1.54, 1.807) is 16.8 Å². The minimum absolute atomic E-state index is 0.489. The van der Waals surface area contributed by atoms with Gasteiger partial charge in [-0.3, -0.25) is 0 Å². The van der Waals surface area contributed by atoms with E-state index >= 15 is 0 Å². The molecule has 0 spiro atoms. The number of rotatable bonds is 11. The summed E-state index contributed by atoms with van der Waals surface area (Å²) in [6.45, 7) is 14.5. The van der Waals surface area contributed by atoms with Gasteiger partial charge in [0.15, 0.2) is 0 Å². The first-order valence-electron chi connectivity index (χ1n) is 18.6. The van der Waals surface area contributed by atoms with Crippen LogP contribution in [0.4, 0.5) is 5.69 Å². The summed E-state index contributed by atoms with van der Waals surface area (Å²) in [5, 5.41) is 0. The molecule has 3 nitrogen and oxygen atoms in total. The molecule has 4 bridgehead atoms. The predicted molar refractivity (Wildman–Crippen MR) is 203 cm³/mol. The van der Waals surface area contributed by atoms with Gasteiger partial charge in [0.25, 0.3) is 0 Å². The van der Waals surface area contributed by atoms with Crippen molar-refractivity contribution < 1.29 is 18.3 Å². The number of hydrogen-bond donors (Lipinski definition) is 0. The zero-order valence-corrected chi connectivity index (χ0v) is 32.7. The summed E-state index contributed by atoms with van der Waals surface area (Å²) in [5.41, 5.74) is 6.29. The van der Waals surface area contributed by atoms with Crippen molar-refractivity contribution in [3.8, 4) is 11.5 Å². The third-order valence-electron chi connectivity index (χ3n) is 11.8. The van der Waals surface area contributed by atoms with Crippen molar-refractivity contribution in [2.75, 3.05) is 18.0 Å². The van der Waals surface area contributed by atoms with Gasteiger partial charge < -0.3 is 9.80 Å². The van der Waals surface area contributed by atoms with Crippen LogP contribution in [0.15, 0.2) is 72.8 Å². The van der Waals surface area contributed by atoms with Crippen LogP contribution in [0.5, 0.6) is 11.5 Å². The average molecular weight is 777 g/mol. The van der Waals surface area contributed by atoms with Crippen molar-refractivity contribution in [3.05, 3.63) is 96.2 Å². The van der Waals surface area contributed by atoms with E-state index < -0.39 is 13.5 Å². The zero-order valence-electron chi connectivity index (χ0n) is 29.4. The van der Waals surface area contributed by atoms with Crippen molar-refractivity contribution >= 4 is 29.7 Å². The number of halogens is 2. The Kier molecular flexibility index (Phi) is 12.4.